The summed E-state index contributed by atoms with van der Waals surface area (Å²) in [6.07, 6.45) is 2.06. The molecule has 0 spiro atoms. The van der Waals surface area contributed by atoms with Crippen molar-refractivity contribution in [3.8, 4) is 0 Å². The van der Waals surface area contributed by atoms with Crippen LogP contribution in [0.25, 0.3) is 0 Å². The summed E-state index contributed by atoms with van der Waals surface area (Å²) in [6, 6.07) is 15.9. The Balaban J connectivity index is 1.22. The molecule has 0 saturated carbocycles. The Labute approximate surface area is 197 Å². The average Bonchev–Trinajstić information content (AvgIpc) is 3.24. The highest BCUT2D eigenvalue weighted by atomic mass is 32.2. The molecule has 0 unspecified atom stereocenters. The second kappa shape index (κ2) is 10.8. The van der Waals surface area contributed by atoms with Crippen LogP contribution >= 0.6 is 23.1 Å². The summed E-state index contributed by atoms with van der Waals surface area (Å²) >= 11 is 3.25. The number of carbonyl (C=O) groups excluding carboxylic acids is 1. The highest BCUT2D eigenvalue weighted by Gasteiger charge is 2.18. The lowest BCUT2D eigenvalue weighted by Gasteiger charge is -2.33. The lowest BCUT2D eigenvalue weighted by atomic mass is 9.97. The van der Waals surface area contributed by atoms with Crippen LogP contribution in [0.5, 0.6) is 0 Å². The van der Waals surface area contributed by atoms with Crippen LogP contribution in [0.2, 0.25) is 0 Å². The van der Waals surface area contributed by atoms with Crippen LogP contribution in [0, 0.1) is 12.8 Å². The Hall–Kier alpha value is -2.55. The molecule has 2 heterocycles. The second-order valence-corrected chi connectivity index (χ2v) is 10.1. The molecule has 3 N–H and O–H groups in total. The minimum Gasteiger partial charge on any atom is -0.396 e. The van der Waals surface area contributed by atoms with Gasteiger partial charge in [0.05, 0.1) is 0 Å². The maximum atomic E-state index is 12.3. The first-order valence-electron chi connectivity index (χ1n) is 10.8. The molecule has 0 bridgehead atoms. The monoisotopic (exact) mass is 468 g/mol. The minimum absolute atomic E-state index is 0.226. The number of amides is 2. The fourth-order valence-corrected chi connectivity index (χ4v) is 5.45. The zero-order valence-electron chi connectivity index (χ0n) is 18.1. The van der Waals surface area contributed by atoms with Gasteiger partial charge >= 0.3 is 6.03 Å². The van der Waals surface area contributed by atoms with Crippen molar-refractivity contribution in [2.45, 2.75) is 35.5 Å². The van der Waals surface area contributed by atoms with E-state index in [9.17, 15) is 9.90 Å². The molecule has 1 saturated heterocycles. The predicted octanol–water partition coefficient (Wildman–Crippen LogP) is 5.13. The molecule has 0 atom stereocenters. The molecule has 0 radical (unpaired) electrons. The molecule has 1 aromatic heterocycles. The van der Waals surface area contributed by atoms with Gasteiger partial charge in [-0.2, -0.15) is 0 Å². The highest BCUT2D eigenvalue weighted by Crippen LogP contribution is 2.30. The van der Waals surface area contributed by atoms with E-state index < -0.39 is 0 Å². The van der Waals surface area contributed by atoms with E-state index in [2.05, 4.69) is 44.8 Å². The number of piperidine rings is 1. The van der Waals surface area contributed by atoms with Gasteiger partial charge in [-0.15, -0.1) is 11.3 Å². The third kappa shape index (κ3) is 6.25. The first-order chi connectivity index (χ1) is 15.6. The summed E-state index contributed by atoms with van der Waals surface area (Å²) in [5, 5.41) is 17.1. The van der Waals surface area contributed by atoms with E-state index >= 15 is 0 Å². The molecular weight excluding hydrogens is 440 g/mol. The summed E-state index contributed by atoms with van der Waals surface area (Å²) in [4.78, 5) is 20.2. The number of aryl methyl sites for hydroxylation is 1. The lowest BCUT2D eigenvalue weighted by molar-refractivity contribution is 0.203. The number of thiazole rings is 1. The largest absolute Gasteiger partial charge is 0.396 e. The van der Waals surface area contributed by atoms with E-state index in [1.807, 2.05) is 36.6 Å². The highest BCUT2D eigenvalue weighted by molar-refractivity contribution is 8.01. The van der Waals surface area contributed by atoms with Gasteiger partial charge in [-0.1, -0.05) is 23.9 Å². The van der Waals surface area contributed by atoms with Crippen molar-refractivity contribution in [3.63, 3.8) is 0 Å². The minimum atomic E-state index is -0.226. The number of hydrogen-bond donors (Lipinski definition) is 3. The van der Waals surface area contributed by atoms with Crippen LogP contribution in [0.1, 0.15) is 24.1 Å². The van der Waals surface area contributed by atoms with Crippen LogP contribution in [-0.4, -0.2) is 35.8 Å². The number of carbonyl (C=O) groups is 1. The molecule has 4 rings (SSSR count). The fourth-order valence-electron chi connectivity index (χ4n) is 3.64. The molecule has 8 heteroatoms. The van der Waals surface area contributed by atoms with Crippen molar-refractivity contribution in [1.29, 1.82) is 0 Å². The van der Waals surface area contributed by atoms with E-state index in [1.54, 1.807) is 23.1 Å². The van der Waals surface area contributed by atoms with E-state index in [-0.39, 0.29) is 12.6 Å². The standard InChI is InChI=1S/C24H28N4O2S2/c1-17-16-31-24(26-17)32-22-8-4-20(5-9-22)27-23(30)25-14-18-2-6-21(7-3-18)28-12-10-19(15-29)11-13-28/h2-9,16,19,29H,10-15H2,1H3,(H2,25,27,30). The Morgan fingerprint density at radius 2 is 1.88 bits per heavy atom. The molecule has 1 aliphatic rings. The summed E-state index contributed by atoms with van der Waals surface area (Å²) in [6.45, 7) is 4.70. The van der Waals surface area contributed by atoms with E-state index in [1.165, 1.54) is 5.69 Å². The summed E-state index contributed by atoms with van der Waals surface area (Å²) < 4.78 is 1.02. The van der Waals surface area contributed by atoms with Gasteiger partial charge in [-0.25, -0.2) is 9.78 Å². The molecule has 6 nitrogen and oxygen atoms in total. The molecule has 32 heavy (non-hydrogen) atoms. The van der Waals surface area contributed by atoms with Crippen LogP contribution in [-0.2, 0) is 6.54 Å². The third-order valence-corrected chi connectivity index (χ3v) is 7.61. The normalized spacial score (nSPS) is 14.4. The first-order valence-corrected chi connectivity index (χ1v) is 12.5. The molecule has 0 aliphatic carbocycles. The van der Waals surface area contributed by atoms with E-state index in [0.29, 0.717) is 12.5 Å². The maximum absolute atomic E-state index is 12.3. The number of nitrogens with one attached hydrogen (secondary N) is 2. The van der Waals surface area contributed by atoms with Crippen molar-refractivity contribution >= 4 is 40.5 Å². The Morgan fingerprint density at radius 1 is 1.16 bits per heavy atom. The van der Waals surface area contributed by atoms with Gasteiger partial charge < -0.3 is 20.6 Å². The van der Waals surface area contributed by atoms with Crippen molar-refractivity contribution in [1.82, 2.24) is 10.3 Å². The Kier molecular flexibility index (Phi) is 7.68. The van der Waals surface area contributed by atoms with Gasteiger partial charge in [0.15, 0.2) is 4.34 Å². The molecule has 2 amide bonds. The topological polar surface area (TPSA) is 77.5 Å². The quantitative estimate of drug-likeness (QED) is 0.448. The van der Waals surface area contributed by atoms with E-state index in [0.717, 1.165) is 52.1 Å². The zero-order chi connectivity index (χ0) is 22.3. The van der Waals surface area contributed by atoms with Crippen molar-refractivity contribution < 1.29 is 9.90 Å². The van der Waals surface area contributed by atoms with Crippen LogP contribution < -0.4 is 15.5 Å². The van der Waals surface area contributed by atoms with Gasteiger partial charge in [0, 0.05) is 53.6 Å². The zero-order valence-corrected chi connectivity index (χ0v) is 19.7. The van der Waals surface area contributed by atoms with Crippen molar-refractivity contribution in [3.05, 3.63) is 65.2 Å². The Bertz CT molecular complexity index is 1010. The van der Waals surface area contributed by atoms with Crippen LogP contribution in [0.3, 0.4) is 0 Å². The first kappa shape index (κ1) is 22.6. The number of hydrogen-bond acceptors (Lipinski definition) is 6. The summed E-state index contributed by atoms with van der Waals surface area (Å²) in [5.74, 6) is 0.436. The molecule has 1 fully saturated rings. The second-order valence-electron chi connectivity index (χ2n) is 7.97. The SMILES string of the molecule is Cc1csc(Sc2ccc(NC(=O)NCc3ccc(N4CCC(CO)CC4)cc3)cc2)n1. The number of benzene rings is 2. The van der Waals surface area contributed by atoms with Crippen molar-refractivity contribution in [2.75, 3.05) is 29.9 Å². The maximum Gasteiger partial charge on any atom is 0.319 e. The number of anilines is 2. The smallest absolute Gasteiger partial charge is 0.319 e. The number of nitrogens with zero attached hydrogens (tertiary/aromatic N) is 2. The Morgan fingerprint density at radius 3 is 2.50 bits per heavy atom. The van der Waals surface area contributed by atoms with E-state index in [4.69, 9.17) is 0 Å². The van der Waals surface area contributed by atoms with Gasteiger partial charge in [0.2, 0.25) is 0 Å². The van der Waals surface area contributed by atoms with Gasteiger partial charge in [-0.05, 0) is 67.6 Å². The molecule has 2 aromatic carbocycles. The number of aromatic nitrogens is 1. The van der Waals surface area contributed by atoms with Crippen LogP contribution in [0.4, 0.5) is 16.2 Å². The molecule has 168 valence electrons. The number of aliphatic hydroxyl groups is 1. The molecule has 1 aliphatic heterocycles. The fraction of sp³-hybridized carbons (Fsp3) is 0.333. The number of urea groups is 1. The van der Waals surface area contributed by atoms with Crippen LogP contribution in [0.15, 0.2) is 63.1 Å². The van der Waals surface area contributed by atoms with Gasteiger partial charge in [-0.3, -0.25) is 0 Å². The summed E-state index contributed by atoms with van der Waals surface area (Å²) in [5.41, 5.74) is 4.04. The average molecular weight is 469 g/mol. The lowest BCUT2D eigenvalue weighted by Crippen LogP contribution is -2.34. The molecular formula is C24H28N4O2S2. The number of rotatable bonds is 7. The molecule has 3 aromatic rings. The van der Waals surface area contributed by atoms with Gasteiger partial charge in [0.1, 0.15) is 0 Å². The number of aliphatic hydroxyl groups excluding tert-OH is 1. The van der Waals surface area contributed by atoms with Gasteiger partial charge in [0.25, 0.3) is 0 Å². The van der Waals surface area contributed by atoms with Crippen molar-refractivity contribution in [2.24, 2.45) is 5.92 Å². The predicted molar refractivity (Wildman–Crippen MR) is 132 cm³/mol. The summed E-state index contributed by atoms with van der Waals surface area (Å²) in [7, 11) is 0. The third-order valence-electron chi connectivity index (χ3n) is 5.54.